The molecule has 3 heterocycles. The van der Waals surface area contributed by atoms with Crippen molar-refractivity contribution in [1.29, 1.82) is 0 Å². The molecule has 2 aromatic heterocycles. The number of ether oxygens (including phenoxy) is 2. The molecule has 0 bridgehead atoms. The fourth-order valence-corrected chi connectivity index (χ4v) is 3.70. The van der Waals surface area contributed by atoms with E-state index < -0.39 is 30.6 Å². The molecule has 1 aromatic carbocycles. The topological polar surface area (TPSA) is 149 Å². The number of imidazole rings is 1. The molecule has 4 rings (SSSR count). The lowest BCUT2D eigenvalue weighted by Gasteiger charge is -2.34. The zero-order valence-corrected chi connectivity index (χ0v) is 15.1. The van der Waals surface area contributed by atoms with Crippen LogP contribution in [0.4, 0.5) is 5.82 Å². The van der Waals surface area contributed by atoms with Crippen molar-refractivity contribution in [2.75, 3.05) is 19.5 Å². The molecule has 1 saturated heterocycles. The van der Waals surface area contributed by atoms with Crippen molar-refractivity contribution >= 4 is 17.0 Å². The number of rotatable bonds is 5. The van der Waals surface area contributed by atoms with Gasteiger partial charge in [0.2, 0.25) is 0 Å². The maximum absolute atomic E-state index is 11.0. The second kappa shape index (κ2) is 6.99. The number of nitrogen functional groups attached to an aromatic ring is 1. The summed E-state index contributed by atoms with van der Waals surface area (Å²) in [5.41, 5.74) is 5.82. The average molecular weight is 387 g/mol. The van der Waals surface area contributed by atoms with E-state index in [9.17, 15) is 15.3 Å². The average Bonchev–Trinajstić information content (AvgIpc) is 3.25. The summed E-state index contributed by atoms with van der Waals surface area (Å²) >= 11 is 0. The van der Waals surface area contributed by atoms with Gasteiger partial charge in [0.25, 0.3) is 0 Å². The van der Waals surface area contributed by atoms with Gasteiger partial charge >= 0.3 is 0 Å². The van der Waals surface area contributed by atoms with Crippen LogP contribution in [0.25, 0.3) is 11.2 Å². The number of nitrogens with zero attached hydrogens (tertiary/aromatic N) is 4. The standard InChI is InChI=1S/C18H21N5O5/c1-27-11-5-3-2-4-10(11)6-18(15(26)14(25)12(7-24)28-18)23-9-22-13-16(19)20-8-21-17(13)23/h2-5,8-9,12,14-15,24-26H,6-7H2,1H3,(H2,19,20,21)/t12-,14-,15-,18-/m1/s1. The van der Waals surface area contributed by atoms with Gasteiger partial charge in [-0.2, -0.15) is 0 Å². The molecular weight excluding hydrogens is 366 g/mol. The zero-order chi connectivity index (χ0) is 19.9. The van der Waals surface area contributed by atoms with Crippen LogP contribution in [0.3, 0.4) is 0 Å². The minimum Gasteiger partial charge on any atom is -0.496 e. The van der Waals surface area contributed by atoms with Crippen LogP contribution in [0.5, 0.6) is 5.75 Å². The van der Waals surface area contributed by atoms with Gasteiger partial charge in [0.1, 0.15) is 35.9 Å². The number of aliphatic hydroxyl groups is 3. The van der Waals surface area contributed by atoms with E-state index in [0.717, 1.165) is 5.56 Å². The van der Waals surface area contributed by atoms with E-state index in [1.54, 1.807) is 13.2 Å². The number of aliphatic hydroxyl groups excluding tert-OH is 3. The molecule has 5 N–H and O–H groups in total. The first-order valence-corrected chi connectivity index (χ1v) is 8.72. The number of hydrogen-bond donors (Lipinski definition) is 4. The zero-order valence-electron chi connectivity index (χ0n) is 15.1. The fourth-order valence-electron chi connectivity index (χ4n) is 3.70. The molecular formula is C18H21N5O5. The van der Waals surface area contributed by atoms with E-state index >= 15 is 0 Å². The summed E-state index contributed by atoms with van der Waals surface area (Å²) in [5.74, 6) is 0.779. The third-order valence-corrected chi connectivity index (χ3v) is 5.11. The fraction of sp³-hybridized carbons (Fsp3) is 0.389. The molecule has 28 heavy (non-hydrogen) atoms. The van der Waals surface area contributed by atoms with Gasteiger partial charge in [-0.25, -0.2) is 15.0 Å². The van der Waals surface area contributed by atoms with Gasteiger partial charge in [0.15, 0.2) is 17.2 Å². The minimum atomic E-state index is -1.49. The molecule has 0 spiro atoms. The molecule has 0 saturated carbocycles. The number of fused-ring (bicyclic) bond motifs is 1. The minimum absolute atomic E-state index is 0.126. The molecule has 1 aliphatic heterocycles. The van der Waals surface area contributed by atoms with Crippen LogP contribution in [0.1, 0.15) is 5.56 Å². The second-order valence-corrected chi connectivity index (χ2v) is 6.65. The second-order valence-electron chi connectivity index (χ2n) is 6.65. The molecule has 0 radical (unpaired) electrons. The Balaban J connectivity index is 1.91. The van der Waals surface area contributed by atoms with Crippen LogP contribution in [-0.2, 0) is 16.9 Å². The summed E-state index contributed by atoms with van der Waals surface area (Å²) in [6.07, 6.45) is -0.823. The van der Waals surface area contributed by atoms with Gasteiger partial charge in [-0.1, -0.05) is 18.2 Å². The van der Waals surface area contributed by atoms with E-state index in [4.69, 9.17) is 15.2 Å². The first-order valence-electron chi connectivity index (χ1n) is 8.72. The quantitative estimate of drug-likeness (QED) is 0.451. The molecule has 0 unspecified atom stereocenters. The third kappa shape index (κ3) is 2.69. The molecule has 3 aromatic rings. The highest BCUT2D eigenvalue weighted by Crippen LogP contribution is 2.41. The number of aromatic nitrogens is 4. The third-order valence-electron chi connectivity index (χ3n) is 5.11. The predicted molar refractivity (Wildman–Crippen MR) is 98.4 cm³/mol. The molecule has 10 heteroatoms. The summed E-state index contributed by atoms with van der Waals surface area (Å²) in [7, 11) is 1.54. The van der Waals surface area contributed by atoms with E-state index in [-0.39, 0.29) is 12.2 Å². The monoisotopic (exact) mass is 387 g/mol. The molecule has 4 atom stereocenters. The van der Waals surface area contributed by atoms with E-state index in [1.165, 1.54) is 17.2 Å². The molecule has 0 amide bonds. The molecule has 10 nitrogen and oxygen atoms in total. The van der Waals surface area contributed by atoms with Crippen molar-refractivity contribution in [3.05, 3.63) is 42.5 Å². The van der Waals surface area contributed by atoms with E-state index in [1.807, 2.05) is 18.2 Å². The Labute approximate surface area is 160 Å². The van der Waals surface area contributed by atoms with Crippen LogP contribution in [0.15, 0.2) is 36.9 Å². The predicted octanol–water partition coefficient (Wildman–Crippen LogP) is -0.575. The van der Waals surface area contributed by atoms with Crippen LogP contribution in [-0.4, -0.2) is 66.9 Å². The molecule has 1 aliphatic rings. The number of benzene rings is 1. The van der Waals surface area contributed by atoms with Crippen molar-refractivity contribution < 1.29 is 24.8 Å². The Hall–Kier alpha value is -2.79. The lowest BCUT2D eigenvalue weighted by atomic mass is 9.94. The summed E-state index contributed by atoms with van der Waals surface area (Å²) in [6, 6.07) is 7.28. The Morgan fingerprint density at radius 1 is 1.25 bits per heavy atom. The van der Waals surface area contributed by atoms with Crippen molar-refractivity contribution in [1.82, 2.24) is 19.5 Å². The van der Waals surface area contributed by atoms with Crippen molar-refractivity contribution in [3.8, 4) is 5.75 Å². The van der Waals surface area contributed by atoms with Crippen molar-refractivity contribution in [2.45, 2.75) is 30.5 Å². The maximum Gasteiger partial charge on any atom is 0.180 e. The van der Waals surface area contributed by atoms with Gasteiger partial charge < -0.3 is 30.5 Å². The maximum atomic E-state index is 11.0. The van der Waals surface area contributed by atoms with E-state index in [0.29, 0.717) is 16.9 Å². The Morgan fingerprint density at radius 2 is 2.04 bits per heavy atom. The van der Waals surface area contributed by atoms with Crippen LogP contribution in [0, 0.1) is 0 Å². The largest absolute Gasteiger partial charge is 0.496 e. The summed E-state index contributed by atoms with van der Waals surface area (Å²) < 4.78 is 13.0. The van der Waals surface area contributed by atoms with Crippen LogP contribution >= 0.6 is 0 Å². The Morgan fingerprint density at radius 3 is 2.75 bits per heavy atom. The number of para-hydroxylation sites is 1. The van der Waals surface area contributed by atoms with Crippen molar-refractivity contribution in [3.63, 3.8) is 0 Å². The van der Waals surface area contributed by atoms with Crippen LogP contribution in [0.2, 0.25) is 0 Å². The Kier molecular flexibility index (Phi) is 4.63. The van der Waals surface area contributed by atoms with Crippen LogP contribution < -0.4 is 10.5 Å². The smallest absolute Gasteiger partial charge is 0.180 e. The van der Waals surface area contributed by atoms with Gasteiger partial charge in [0.05, 0.1) is 20.0 Å². The summed E-state index contributed by atoms with van der Waals surface area (Å²) in [5, 5.41) is 31.1. The summed E-state index contributed by atoms with van der Waals surface area (Å²) in [4.78, 5) is 12.4. The highest BCUT2D eigenvalue weighted by atomic mass is 16.6. The molecule has 1 fully saturated rings. The lowest BCUT2D eigenvalue weighted by molar-refractivity contribution is -0.145. The Bertz CT molecular complexity index is 995. The lowest BCUT2D eigenvalue weighted by Crippen LogP contribution is -2.47. The first-order chi connectivity index (χ1) is 13.5. The van der Waals surface area contributed by atoms with E-state index in [2.05, 4.69) is 15.0 Å². The SMILES string of the molecule is COc1ccccc1C[C@@]1(n2cnc3c(N)ncnc32)O[C@H](CO)[C@@H](O)[C@H]1O. The normalized spacial score (nSPS) is 27.4. The highest BCUT2D eigenvalue weighted by Gasteiger charge is 2.56. The number of methoxy groups -OCH3 is 1. The number of hydrogen-bond acceptors (Lipinski definition) is 9. The first kappa shape index (κ1) is 18.6. The van der Waals surface area contributed by atoms with Crippen molar-refractivity contribution in [2.24, 2.45) is 0 Å². The number of nitrogens with two attached hydrogens (primary N) is 1. The summed E-state index contributed by atoms with van der Waals surface area (Å²) in [6.45, 7) is -0.463. The molecule has 148 valence electrons. The number of anilines is 1. The molecule has 0 aliphatic carbocycles. The highest BCUT2D eigenvalue weighted by molar-refractivity contribution is 5.81. The van der Waals surface area contributed by atoms with Gasteiger partial charge in [-0.05, 0) is 11.6 Å². The van der Waals surface area contributed by atoms with Gasteiger partial charge in [-0.15, -0.1) is 0 Å². The van der Waals surface area contributed by atoms with Gasteiger partial charge in [-0.3, -0.25) is 4.57 Å². The van der Waals surface area contributed by atoms with Gasteiger partial charge in [0, 0.05) is 6.42 Å².